The summed E-state index contributed by atoms with van der Waals surface area (Å²) in [4.78, 5) is 2.36. The Morgan fingerprint density at radius 2 is 1.15 bits per heavy atom. The van der Waals surface area contributed by atoms with Crippen LogP contribution in [0.3, 0.4) is 0 Å². The molecular weight excluding hydrogens is 631 g/mol. The van der Waals surface area contributed by atoms with Crippen LogP contribution in [0.1, 0.15) is 17.9 Å². The maximum Gasteiger partial charge on any atom is 0.143 e. The molecule has 8 aromatic carbocycles. The van der Waals surface area contributed by atoms with Crippen molar-refractivity contribution in [3.63, 3.8) is 0 Å². The first-order valence-electron chi connectivity index (χ1n) is 18.0. The van der Waals surface area contributed by atoms with E-state index in [4.69, 9.17) is 4.42 Å². The van der Waals surface area contributed by atoms with Gasteiger partial charge in [0.2, 0.25) is 0 Å². The van der Waals surface area contributed by atoms with Crippen LogP contribution in [0, 0.1) is 0 Å². The van der Waals surface area contributed by atoms with Gasteiger partial charge in [-0.3, -0.25) is 0 Å². The lowest BCUT2D eigenvalue weighted by Gasteiger charge is -2.27. The van der Waals surface area contributed by atoms with Gasteiger partial charge >= 0.3 is 0 Å². The molecule has 0 fully saturated rings. The minimum atomic E-state index is 0.353. The molecule has 0 spiro atoms. The number of hydrogen-bond acceptors (Lipinski definition) is 2. The number of furan rings is 1. The predicted molar refractivity (Wildman–Crippen MR) is 219 cm³/mol. The van der Waals surface area contributed by atoms with Gasteiger partial charge in [0, 0.05) is 39.3 Å². The fraction of sp³-hybridized carbons (Fsp3) is 0.0400. The summed E-state index contributed by atoms with van der Waals surface area (Å²) < 4.78 is 6.46. The van der Waals surface area contributed by atoms with E-state index < -0.39 is 0 Å². The van der Waals surface area contributed by atoms with Crippen LogP contribution in [0.4, 0.5) is 17.1 Å². The van der Waals surface area contributed by atoms with Crippen molar-refractivity contribution in [3.05, 3.63) is 198 Å². The van der Waals surface area contributed by atoms with Crippen LogP contribution in [0.15, 0.2) is 186 Å². The summed E-state index contributed by atoms with van der Waals surface area (Å²) in [5.41, 5.74) is 11.1. The molecule has 1 unspecified atom stereocenters. The van der Waals surface area contributed by atoms with Crippen LogP contribution in [-0.2, 0) is 0 Å². The highest BCUT2D eigenvalue weighted by atomic mass is 16.3. The Hall–Kier alpha value is -6.64. The Balaban J connectivity index is 1.06. The van der Waals surface area contributed by atoms with Crippen LogP contribution >= 0.6 is 0 Å². The van der Waals surface area contributed by atoms with Gasteiger partial charge in [-0.15, -0.1) is 0 Å². The second-order valence-electron chi connectivity index (χ2n) is 13.7. The van der Waals surface area contributed by atoms with E-state index >= 15 is 0 Å². The fourth-order valence-corrected chi connectivity index (χ4v) is 7.90. The van der Waals surface area contributed by atoms with Crippen molar-refractivity contribution in [2.75, 3.05) is 4.90 Å². The molecule has 0 aliphatic heterocycles. The molecule has 0 saturated carbocycles. The Morgan fingerprint density at radius 1 is 0.462 bits per heavy atom. The van der Waals surface area contributed by atoms with Crippen LogP contribution < -0.4 is 15.3 Å². The van der Waals surface area contributed by atoms with Crippen LogP contribution in [-0.4, -0.2) is 0 Å². The lowest BCUT2D eigenvalue weighted by atomic mass is 9.90. The van der Waals surface area contributed by atoms with E-state index in [2.05, 4.69) is 187 Å². The SMILES string of the molecule is C1=c2ccccc2=CC(c2ccc(N(c3ccc(-c4ccc5ccccc5c4)cc3)c3cccc(-c4cccc5c4oc4ccccc45)c3)cc2)C1. The highest BCUT2D eigenvalue weighted by molar-refractivity contribution is 6.09. The summed E-state index contributed by atoms with van der Waals surface area (Å²) in [7, 11) is 0. The molecule has 0 radical (unpaired) electrons. The maximum atomic E-state index is 6.46. The number of fused-ring (bicyclic) bond motifs is 5. The van der Waals surface area contributed by atoms with Gasteiger partial charge in [-0.25, -0.2) is 0 Å². The summed E-state index contributed by atoms with van der Waals surface area (Å²) in [5, 5.41) is 7.41. The van der Waals surface area contributed by atoms with E-state index in [1.165, 1.54) is 37.9 Å². The van der Waals surface area contributed by atoms with Gasteiger partial charge in [0.1, 0.15) is 11.2 Å². The lowest BCUT2D eigenvalue weighted by Crippen LogP contribution is -2.27. The third-order valence-corrected chi connectivity index (χ3v) is 10.6. The summed E-state index contributed by atoms with van der Waals surface area (Å²) in [5.74, 6) is 0.353. The number of anilines is 3. The quantitative estimate of drug-likeness (QED) is 0.176. The molecular formula is C50H35NO. The van der Waals surface area contributed by atoms with Gasteiger partial charge in [-0.05, 0) is 98.4 Å². The molecule has 246 valence electrons. The molecule has 0 saturated heterocycles. The Labute approximate surface area is 302 Å². The topological polar surface area (TPSA) is 16.4 Å². The van der Waals surface area contributed by atoms with Crippen LogP contribution in [0.2, 0.25) is 0 Å². The molecule has 1 aliphatic carbocycles. The summed E-state index contributed by atoms with van der Waals surface area (Å²) in [6.07, 6.45) is 5.78. The fourth-order valence-electron chi connectivity index (χ4n) is 7.90. The molecule has 0 N–H and O–H groups in total. The molecule has 1 aliphatic rings. The van der Waals surface area contributed by atoms with E-state index in [1.54, 1.807) is 0 Å². The zero-order valence-corrected chi connectivity index (χ0v) is 28.6. The normalized spacial score (nSPS) is 13.8. The minimum Gasteiger partial charge on any atom is -0.455 e. The summed E-state index contributed by atoms with van der Waals surface area (Å²) >= 11 is 0. The molecule has 2 heteroatoms. The summed E-state index contributed by atoms with van der Waals surface area (Å²) in [6.45, 7) is 0. The van der Waals surface area contributed by atoms with Crippen LogP contribution in [0.25, 0.3) is 67.1 Å². The first-order chi connectivity index (χ1) is 25.7. The van der Waals surface area contributed by atoms with Crippen molar-refractivity contribution in [2.24, 2.45) is 0 Å². The third-order valence-electron chi connectivity index (χ3n) is 10.6. The van der Waals surface area contributed by atoms with Crippen molar-refractivity contribution < 1.29 is 4.42 Å². The first kappa shape index (κ1) is 30.2. The van der Waals surface area contributed by atoms with E-state index in [1.807, 2.05) is 12.1 Å². The second-order valence-corrected chi connectivity index (χ2v) is 13.7. The Kier molecular flexibility index (Phi) is 7.32. The van der Waals surface area contributed by atoms with Gasteiger partial charge in [0.25, 0.3) is 0 Å². The molecule has 52 heavy (non-hydrogen) atoms. The second kappa shape index (κ2) is 12.6. The van der Waals surface area contributed by atoms with E-state index in [0.29, 0.717) is 5.92 Å². The van der Waals surface area contributed by atoms with Crippen molar-refractivity contribution in [2.45, 2.75) is 12.3 Å². The molecule has 9 aromatic rings. The van der Waals surface area contributed by atoms with Crippen molar-refractivity contribution in [1.82, 2.24) is 0 Å². The van der Waals surface area contributed by atoms with Gasteiger partial charge in [0.15, 0.2) is 0 Å². The Morgan fingerprint density at radius 3 is 2.02 bits per heavy atom. The maximum absolute atomic E-state index is 6.46. The number of hydrogen-bond donors (Lipinski definition) is 0. The molecule has 0 bridgehead atoms. The smallest absolute Gasteiger partial charge is 0.143 e. The number of benzene rings is 8. The molecule has 1 heterocycles. The standard InChI is InChI=1S/C50H35NO/c1-3-11-38-31-40(21-19-34(38)9-1)36-23-27-43(28-24-36)51(44-29-25-37(26-30-44)41-22-20-35-10-2-4-12-39(35)32-41)45-14-7-13-42(33-45)46-16-8-17-48-47-15-5-6-18-49(47)52-50(46)48/h1-21,23-33,41H,22H2. The van der Waals surface area contributed by atoms with Crippen LogP contribution in [0.5, 0.6) is 0 Å². The van der Waals surface area contributed by atoms with Gasteiger partial charge in [-0.2, -0.15) is 0 Å². The molecule has 1 atom stereocenters. The Bertz CT molecular complexity index is 2880. The van der Waals surface area contributed by atoms with Gasteiger partial charge in [-0.1, -0.05) is 146 Å². The van der Waals surface area contributed by atoms with E-state index in [-0.39, 0.29) is 0 Å². The highest BCUT2D eigenvalue weighted by Gasteiger charge is 2.18. The summed E-state index contributed by atoms with van der Waals surface area (Å²) in [6, 6.07) is 65.6. The lowest BCUT2D eigenvalue weighted by molar-refractivity contribution is 0.670. The molecule has 0 amide bonds. The first-order valence-corrected chi connectivity index (χ1v) is 18.0. The van der Waals surface area contributed by atoms with Gasteiger partial charge < -0.3 is 9.32 Å². The third kappa shape index (κ3) is 5.37. The minimum absolute atomic E-state index is 0.353. The van der Waals surface area contributed by atoms with E-state index in [9.17, 15) is 0 Å². The molecule has 2 nitrogen and oxygen atoms in total. The van der Waals surface area contributed by atoms with Gasteiger partial charge in [0.05, 0.1) is 0 Å². The average Bonchev–Trinajstić information content (AvgIpc) is 3.60. The average molecular weight is 666 g/mol. The largest absolute Gasteiger partial charge is 0.455 e. The van der Waals surface area contributed by atoms with E-state index in [0.717, 1.165) is 56.5 Å². The zero-order valence-electron chi connectivity index (χ0n) is 28.6. The van der Waals surface area contributed by atoms with Crippen molar-refractivity contribution >= 4 is 61.9 Å². The molecule has 1 aromatic heterocycles. The number of nitrogens with zero attached hydrogens (tertiary/aromatic N) is 1. The molecule has 10 rings (SSSR count). The zero-order chi connectivity index (χ0) is 34.4. The monoisotopic (exact) mass is 665 g/mol. The predicted octanol–water partition coefficient (Wildman–Crippen LogP) is 12.3. The number of rotatable bonds is 6. The highest BCUT2D eigenvalue weighted by Crippen LogP contribution is 2.41. The number of para-hydroxylation sites is 2. The van der Waals surface area contributed by atoms with Crippen molar-refractivity contribution in [1.29, 1.82) is 0 Å². The van der Waals surface area contributed by atoms with Crippen molar-refractivity contribution in [3.8, 4) is 22.3 Å².